The van der Waals surface area contributed by atoms with Crippen LogP contribution in [-0.4, -0.2) is 28.6 Å². The summed E-state index contributed by atoms with van der Waals surface area (Å²) >= 11 is 0. The molecule has 6 nitrogen and oxygen atoms in total. The highest BCUT2D eigenvalue weighted by atomic mass is 16.2. The van der Waals surface area contributed by atoms with Gasteiger partial charge in [-0.15, -0.1) is 0 Å². The number of rotatable bonds is 6. The summed E-state index contributed by atoms with van der Waals surface area (Å²) in [5.74, 6) is -0.192. The zero-order valence-electron chi connectivity index (χ0n) is 16.6. The number of anilines is 1. The molecule has 1 aliphatic heterocycles. The van der Waals surface area contributed by atoms with Crippen molar-refractivity contribution in [3.05, 3.63) is 83.7 Å². The molecule has 1 N–H and O–H groups in total. The van der Waals surface area contributed by atoms with E-state index in [1.165, 1.54) is 0 Å². The molecular weight excluding hydrogens is 364 g/mol. The van der Waals surface area contributed by atoms with Gasteiger partial charge >= 0.3 is 0 Å². The third kappa shape index (κ3) is 3.53. The van der Waals surface area contributed by atoms with Gasteiger partial charge in [-0.1, -0.05) is 48.5 Å². The largest absolute Gasteiger partial charge is 0.352 e. The predicted molar refractivity (Wildman–Crippen MR) is 111 cm³/mol. The van der Waals surface area contributed by atoms with Gasteiger partial charge in [-0.25, -0.2) is 0 Å². The Labute approximate surface area is 170 Å². The smallest absolute Gasteiger partial charge is 0.238 e. The molecule has 0 saturated heterocycles. The minimum atomic E-state index is -0.911. The van der Waals surface area contributed by atoms with Crippen molar-refractivity contribution in [3.63, 3.8) is 0 Å². The highest BCUT2D eigenvalue weighted by Crippen LogP contribution is 2.45. The number of hydrogen-bond donors (Lipinski definition) is 1. The number of likely N-dealkylation sites (N-methyl/N-ethyl adjacent to an activating group) is 1. The molecule has 148 valence electrons. The monoisotopic (exact) mass is 388 g/mol. The molecule has 6 heteroatoms. The lowest BCUT2D eigenvalue weighted by molar-refractivity contribution is -0.129. The van der Waals surface area contributed by atoms with E-state index in [9.17, 15) is 9.59 Å². The topological polar surface area (TPSA) is 67.2 Å². The molecule has 0 spiro atoms. The second-order valence-corrected chi connectivity index (χ2v) is 7.60. The van der Waals surface area contributed by atoms with Crippen LogP contribution in [-0.2, 0) is 35.0 Å². The van der Waals surface area contributed by atoms with Crippen molar-refractivity contribution in [1.82, 2.24) is 15.1 Å². The summed E-state index contributed by atoms with van der Waals surface area (Å²) in [7, 11) is 3.62. The maximum Gasteiger partial charge on any atom is 0.238 e. The molecule has 0 fully saturated rings. The van der Waals surface area contributed by atoms with E-state index in [1.54, 1.807) is 22.8 Å². The van der Waals surface area contributed by atoms with Crippen molar-refractivity contribution < 1.29 is 9.59 Å². The molecule has 2 amide bonds. The Hall–Kier alpha value is -3.41. The summed E-state index contributed by atoms with van der Waals surface area (Å²) in [6.07, 6.45) is 4.17. The van der Waals surface area contributed by atoms with E-state index >= 15 is 0 Å². The van der Waals surface area contributed by atoms with Gasteiger partial charge in [0.05, 0.1) is 11.6 Å². The van der Waals surface area contributed by atoms with Crippen molar-refractivity contribution in [2.24, 2.45) is 7.05 Å². The number of aryl methyl sites for hydroxylation is 1. The van der Waals surface area contributed by atoms with E-state index in [0.29, 0.717) is 13.0 Å². The van der Waals surface area contributed by atoms with Crippen LogP contribution in [0.5, 0.6) is 0 Å². The average molecular weight is 388 g/mol. The third-order valence-corrected chi connectivity index (χ3v) is 5.55. The van der Waals surface area contributed by atoms with Crippen LogP contribution >= 0.6 is 0 Å². The second-order valence-electron chi connectivity index (χ2n) is 7.60. The Balaban J connectivity index is 1.64. The number of carbonyl (C=O) groups excluding carboxylic acids is 2. The van der Waals surface area contributed by atoms with Gasteiger partial charge in [0.15, 0.2) is 0 Å². The minimum absolute atomic E-state index is 0.0425. The summed E-state index contributed by atoms with van der Waals surface area (Å²) in [4.78, 5) is 28.0. The molecular formula is C23H24N4O2. The lowest BCUT2D eigenvalue weighted by atomic mass is 9.73. The van der Waals surface area contributed by atoms with E-state index in [2.05, 4.69) is 10.4 Å². The van der Waals surface area contributed by atoms with Gasteiger partial charge in [0.1, 0.15) is 0 Å². The number of carbonyl (C=O) groups is 2. The molecule has 1 aromatic heterocycles. The standard InChI is InChI=1S/C23H24N4O2/c1-26-16-18(15-25-26)14-24-21(28)13-23(12-17-8-4-3-5-9-17)19-10-6-7-11-20(19)27(2)22(23)29/h3-11,15-16H,12-14H2,1-2H3,(H,24,28)/t23-/m1/s1. The van der Waals surface area contributed by atoms with Crippen molar-refractivity contribution in [1.29, 1.82) is 0 Å². The van der Waals surface area contributed by atoms with Gasteiger partial charge in [-0.3, -0.25) is 14.3 Å². The summed E-state index contributed by atoms with van der Waals surface area (Å²) in [6, 6.07) is 17.6. The Kier molecular flexibility index (Phi) is 4.92. The van der Waals surface area contributed by atoms with E-state index in [0.717, 1.165) is 22.4 Å². The Morgan fingerprint density at radius 1 is 1.03 bits per heavy atom. The molecule has 0 unspecified atom stereocenters. The average Bonchev–Trinajstić information content (AvgIpc) is 3.23. The number of benzene rings is 2. The van der Waals surface area contributed by atoms with Gasteiger partial charge in [-0.05, 0) is 23.6 Å². The molecule has 1 atom stereocenters. The van der Waals surface area contributed by atoms with Gasteiger partial charge in [0.2, 0.25) is 11.8 Å². The van der Waals surface area contributed by atoms with E-state index in [-0.39, 0.29) is 18.2 Å². The first-order valence-corrected chi connectivity index (χ1v) is 9.65. The molecule has 0 bridgehead atoms. The van der Waals surface area contributed by atoms with Gasteiger partial charge in [-0.2, -0.15) is 5.10 Å². The highest BCUT2D eigenvalue weighted by molar-refractivity contribution is 6.09. The van der Waals surface area contributed by atoms with Crippen LogP contribution in [0, 0.1) is 0 Å². The molecule has 29 heavy (non-hydrogen) atoms. The summed E-state index contributed by atoms with van der Waals surface area (Å²) in [5, 5.41) is 7.08. The van der Waals surface area contributed by atoms with E-state index in [1.807, 2.05) is 67.8 Å². The van der Waals surface area contributed by atoms with Crippen LogP contribution in [0.25, 0.3) is 0 Å². The number of nitrogens with one attached hydrogen (secondary N) is 1. The van der Waals surface area contributed by atoms with Crippen LogP contribution in [0.3, 0.4) is 0 Å². The normalized spacial score (nSPS) is 18.0. The molecule has 2 aromatic carbocycles. The summed E-state index contributed by atoms with van der Waals surface area (Å²) < 4.78 is 1.70. The lowest BCUT2D eigenvalue weighted by Gasteiger charge is -2.28. The highest BCUT2D eigenvalue weighted by Gasteiger charge is 2.50. The third-order valence-electron chi connectivity index (χ3n) is 5.55. The first kappa shape index (κ1) is 18.9. The molecule has 0 aliphatic carbocycles. The molecule has 0 radical (unpaired) electrons. The number of fused-ring (bicyclic) bond motifs is 1. The second kappa shape index (κ2) is 7.54. The van der Waals surface area contributed by atoms with Gasteiger partial charge in [0, 0.05) is 44.5 Å². The summed E-state index contributed by atoms with van der Waals surface area (Å²) in [6.45, 7) is 0.389. The van der Waals surface area contributed by atoms with E-state index < -0.39 is 5.41 Å². The number of amides is 2. The first-order valence-electron chi connectivity index (χ1n) is 9.65. The Morgan fingerprint density at radius 3 is 2.48 bits per heavy atom. The van der Waals surface area contributed by atoms with Crippen molar-refractivity contribution in [3.8, 4) is 0 Å². The van der Waals surface area contributed by atoms with Crippen LogP contribution in [0.4, 0.5) is 5.69 Å². The molecule has 4 rings (SSSR count). The SMILES string of the molecule is CN1C(=O)[C@@](CC(=O)NCc2cnn(C)c2)(Cc2ccccc2)c2ccccc21. The fourth-order valence-electron chi connectivity index (χ4n) is 4.17. The van der Waals surface area contributed by atoms with Crippen molar-refractivity contribution in [2.45, 2.75) is 24.8 Å². The van der Waals surface area contributed by atoms with E-state index in [4.69, 9.17) is 0 Å². The molecule has 1 aliphatic rings. The summed E-state index contributed by atoms with van der Waals surface area (Å²) in [5.41, 5.74) is 2.83. The van der Waals surface area contributed by atoms with Crippen molar-refractivity contribution in [2.75, 3.05) is 11.9 Å². The quantitative estimate of drug-likeness (QED) is 0.706. The molecule has 2 heterocycles. The zero-order chi connectivity index (χ0) is 20.4. The van der Waals surface area contributed by atoms with Crippen LogP contribution in [0.1, 0.15) is 23.1 Å². The van der Waals surface area contributed by atoms with Gasteiger partial charge in [0.25, 0.3) is 0 Å². The maximum absolute atomic E-state index is 13.4. The van der Waals surface area contributed by atoms with Crippen molar-refractivity contribution >= 4 is 17.5 Å². The first-order chi connectivity index (χ1) is 14.0. The fourth-order valence-corrected chi connectivity index (χ4v) is 4.17. The number of para-hydroxylation sites is 1. The van der Waals surface area contributed by atoms with Crippen LogP contribution in [0.2, 0.25) is 0 Å². The zero-order valence-corrected chi connectivity index (χ0v) is 16.6. The fraction of sp³-hybridized carbons (Fsp3) is 0.261. The Bertz CT molecular complexity index is 1040. The molecule has 3 aromatic rings. The molecule has 0 saturated carbocycles. The number of nitrogens with zero attached hydrogens (tertiary/aromatic N) is 3. The predicted octanol–water partition coefficient (Wildman–Crippen LogP) is 2.58. The van der Waals surface area contributed by atoms with Gasteiger partial charge < -0.3 is 10.2 Å². The number of hydrogen-bond acceptors (Lipinski definition) is 3. The number of aromatic nitrogens is 2. The maximum atomic E-state index is 13.4. The lowest BCUT2D eigenvalue weighted by Crippen LogP contribution is -2.44. The van der Waals surface area contributed by atoms with Crippen LogP contribution in [0.15, 0.2) is 67.0 Å². The Morgan fingerprint density at radius 2 is 1.76 bits per heavy atom. The minimum Gasteiger partial charge on any atom is -0.352 e. The van der Waals surface area contributed by atoms with Crippen LogP contribution < -0.4 is 10.2 Å².